The van der Waals surface area contributed by atoms with Crippen molar-refractivity contribution in [3.05, 3.63) is 12.0 Å². The molecular formula is C20H34N4O3. The molecule has 1 aromatic heterocycles. The van der Waals surface area contributed by atoms with E-state index in [4.69, 9.17) is 0 Å². The minimum atomic E-state index is -0.546. The molecule has 27 heavy (non-hydrogen) atoms. The number of rotatable bonds is 8. The fourth-order valence-electron chi connectivity index (χ4n) is 4.33. The van der Waals surface area contributed by atoms with Gasteiger partial charge in [0.2, 0.25) is 6.41 Å². The number of anilines is 1. The van der Waals surface area contributed by atoms with E-state index in [1.807, 2.05) is 0 Å². The van der Waals surface area contributed by atoms with Crippen molar-refractivity contribution in [3.8, 4) is 0 Å². The van der Waals surface area contributed by atoms with Gasteiger partial charge in [-0.05, 0) is 50.4 Å². The van der Waals surface area contributed by atoms with Gasteiger partial charge < -0.3 is 19.5 Å². The number of hydrogen-bond donors (Lipinski definition) is 1. The predicted octanol–water partition coefficient (Wildman–Crippen LogP) is 2.44. The Hall–Kier alpha value is -1.89. The van der Waals surface area contributed by atoms with E-state index in [0.717, 1.165) is 38.5 Å². The van der Waals surface area contributed by atoms with Gasteiger partial charge in [-0.1, -0.05) is 13.8 Å². The van der Waals surface area contributed by atoms with E-state index >= 15 is 0 Å². The van der Waals surface area contributed by atoms with Crippen LogP contribution in [-0.4, -0.2) is 58.1 Å². The van der Waals surface area contributed by atoms with Crippen LogP contribution >= 0.6 is 0 Å². The van der Waals surface area contributed by atoms with Crippen molar-refractivity contribution in [2.45, 2.75) is 58.0 Å². The molecule has 1 aromatic rings. The first-order valence-electron chi connectivity index (χ1n) is 9.94. The van der Waals surface area contributed by atoms with Crippen molar-refractivity contribution in [1.29, 1.82) is 0 Å². The first kappa shape index (κ1) is 21.4. The van der Waals surface area contributed by atoms with E-state index in [1.54, 1.807) is 36.9 Å². The topological polar surface area (TPSA) is 78.7 Å². The van der Waals surface area contributed by atoms with Gasteiger partial charge in [0, 0.05) is 27.7 Å². The van der Waals surface area contributed by atoms with Crippen LogP contribution in [0.15, 0.2) is 6.33 Å². The Labute approximate surface area is 162 Å². The minimum Gasteiger partial charge on any atom is -0.390 e. The third kappa shape index (κ3) is 4.51. The molecule has 0 bridgehead atoms. The molecule has 7 nitrogen and oxygen atoms in total. The third-order valence-electron chi connectivity index (χ3n) is 6.32. The van der Waals surface area contributed by atoms with Gasteiger partial charge in [0.05, 0.1) is 11.9 Å². The molecule has 0 unspecified atom stereocenters. The maximum absolute atomic E-state index is 12.9. The summed E-state index contributed by atoms with van der Waals surface area (Å²) in [5.74, 6) is 1.05. The highest BCUT2D eigenvalue weighted by atomic mass is 16.3. The van der Waals surface area contributed by atoms with Crippen molar-refractivity contribution in [1.82, 2.24) is 14.5 Å². The molecule has 1 saturated carbocycles. The van der Waals surface area contributed by atoms with E-state index < -0.39 is 5.60 Å². The zero-order valence-electron chi connectivity index (χ0n) is 17.3. The second-order valence-corrected chi connectivity index (χ2v) is 7.96. The quantitative estimate of drug-likeness (QED) is 0.705. The summed E-state index contributed by atoms with van der Waals surface area (Å²) in [6, 6.07) is 0. The molecule has 0 aromatic carbocycles. The van der Waals surface area contributed by atoms with Gasteiger partial charge in [0.25, 0.3) is 5.91 Å². The van der Waals surface area contributed by atoms with E-state index in [-0.39, 0.29) is 5.91 Å². The first-order valence-corrected chi connectivity index (χ1v) is 9.94. The molecular weight excluding hydrogens is 344 g/mol. The van der Waals surface area contributed by atoms with E-state index in [1.165, 1.54) is 4.90 Å². The monoisotopic (exact) mass is 378 g/mol. The molecule has 1 aliphatic carbocycles. The van der Waals surface area contributed by atoms with Gasteiger partial charge >= 0.3 is 0 Å². The number of aliphatic hydroxyl groups is 1. The lowest BCUT2D eigenvalue weighted by molar-refractivity contribution is -0.107. The number of imidazole rings is 1. The maximum atomic E-state index is 12.9. The second-order valence-electron chi connectivity index (χ2n) is 7.96. The minimum absolute atomic E-state index is 0.126. The van der Waals surface area contributed by atoms with Crippen molar-refractivity contribution in [2.75, 3.05) is 25.5 Å². The van der Waals surface area contributed by atoms with Crippen LogP contribution in [0.1, 0.15) is 62.9 Å². The van der Waals surface area contributed by atoms with Gasteiger partial charge in [0.1, 0.15) is 0 Å². The number of amides is 2. The van der Waals surface area contributed by atoms with Crippen LogP contribution in [0.2, 0.25) is 0 Å². The van der Waals surface area contributed by atoms with Gasteiger partial charge in [-0.2, -0.15) is 0 Å². The van der Waals surface area contributed by atoms with Crippen molar-refractivity contribution in [3.63, 3.8) is 0 Å². The van der Waals surface area contributed by atoms with Crippen molar-refractivity contribution < 1.29 is 14.7 Å². The molecule has 1 heterocycles. The van der Waals surface area contributed by atoms with Gasteiger partial charge in [-0.25, -0.2) is 4.98 Å². The zero-order valence-corrected chi connectivity index (χ0v) is 17.3. The normalized spacial score (nSPS) is 20.4. The lowest BCUT2D eigenvalue weighted by Crippen LogP contribution is -2.41. The standard InChI is InChI=1S/C20H34N4O3/c1-6-20(27,7-2)16-10-8-15(9-11-16)12-22(3)19(26)17-18(24(5)14-25)21-13-23(17)4/h13-16,27H,6-12H2,1-5H3. The smallest absolute Gasteiger partial charge is 0.274 e. The van der Waals surface area contributed by atoms with Crippen LogP contribution in [-0.2, 0) is 11.8 Å². The molecule has 1 aliphatic rings. The molecule has 0 atom stereocenters. The summed E-state index contributed by atoms with van der Waals surface area (Å²) >= 11 is 0. The largest absolute Gasteiger partial charge is 0.390 e. The number of carbonyl (C=O) groups excluding carboxylic acids is 2. The summed E-state index contributed by atoms with van der Waals surface area (Å²) in [6.07, 6.45) is 7.87. The Kier molecular flexibility index (Phi) is 7.03. The van der Waals surface area contributed by atoms with Crippen LogP contribution in [0.4, 0.5) is 5.82 Å². The lowest BCUT2D eigenvalue weighted by Gasteiger charge is -2.40. The summed E-state index contributed by atoms with van der Waals surface area (Å²) in [5, 5.41) is 10.8. The number of carbonyl (C=O) groups is 2. The molecule has 2 rings (SSSR count). The average molecular weight is 379 g/mol. The fraction of sp³-hybridized carbons (Fsp3) is 0.750. The summed E-state index contributed by atoms with van der Waals surface area (Å²) in [6.45, 7) is 4.80. The molecule has 0 spiro atoms. The summed E-state index contributed by atoms with van der Waals surface area (Å²) in [5.41, 5.74) is -0.123. The Bertz CT molecular complexity index is 646. The molecule has 0 aliphatic heterocycles. The fourth-order valence-corrected chi connectivity index (χ4v) is 4.33. The highest BCUT2D eigenvalue weighted by Gasteiger charge is 2.36. The Balaban J connectivity index is 1.99. The SMILES string of the molecule is CCC(O)(CC)C1CCC(CN(C)C(=O)c2c(N(C)C=O)ncn2C)CC1. The molecule has 0 saturated heterocycles. The van der Waals surface area contributed by atoms with Crippen LogP contribution < -0.4 is 4.90 Å². The molecule has 1 fully saturated rings. The summed E-state index contributed by atoms with van der Waals surface area (Å²) < 4.78 is 1.66. The number of aryl methyl sites for hydroxylation is 1. The molecule has 0 radical (unpaired) electrons. The van der Waals surface area contributed by atoms with Gasteiger partial charge in [-0.15, -0.1) is 0 Å². The van der Waals surface area contributed by atoms with Gasteiger partial charge in [-0.3, -0.25) is 9.59 Å². The average Bonchev–Trinajstić information content (AvgIpc) is 3.07. The van der Waals surface area contributed by atoms with E-state index in [2.05, 4.69) is 18.8 Å². The lowest BCUT2D eigenvalue weighted by atomic mass is 9.71. The Morgan fingerprint density at radius 3 is 2.41 bits per heavy atom. The number of hydrogen-bond acceptors (Lipinski definition) is 4. The Morgan fingerprint density at radius 1 is 1.30 bits per heavy atom. The van der Waals surface area contributed by atoms with Crippen molar-refractivity contribution >= 4 is 18.1 Å². The van der Waals surface area contributed by atoms with E-state index in [9.17, 15) is 14.7 Å². The Morgan fingerprint density at radius 2 is 1.89 bits per heavy atom. The van der Waals surface area contributed by atoms with Crippen LogP contribution in [0.25, 0.3) is 0 Å². The third-order valence-corrected chi connectivity index (χ3v) is 6.32. The molecule has 152 valence electrons. The highest BCUT2D eigenvalue weighted by Crippen LogP contribution is 2.39. The van der Waals surface area contributed by atoms with Crippen molar-refractivity contribution in [2.24, 2.45) is 18.9 Å². The molecule has 1 N–H and O–H groups in total. The highest BCUT2D eigenvalue weighted by molar-refractivity contribution is 5.99. The van der Waals surface area contributed by atoms with Crippen LogP contribution in [0, 0.1) is 11.8 Å². The zero-order chi connectivity index (χ0) is 20.2. The van der Waals surface area contributed by atoms with Gasteiger partial charge in [0.15, 0.2) is 11.5 Å². The molecule has 2 amide bonds. The summed E-state index contributed by atoms with van der Waals surface area (Å²) in [4.78, 5) is 31.2. The number of nitrogens with zero attached hydrogens (tertiary/aromatic N) is 4. The van der Waals surface area contributed by atoms with Crippen LogP contribution in [0.3, 0.4) is 0 Å². The predicted molar refractivity (Wildman–Crippen MR) is 106 cm³/mol. The van der Waals surface area contributed by atoms with E-state index in [0.29, 0.717) is 36.3 Å². The number of aromatic nitrogens is 2. The maximum Gasteiger partial charge on any atom is 0.274 e. The van der Waals surface area contributed by atoms with Crippen LogP contribution in [0.5, 0.6) is 0 Å². The first-order chi connectivity index (χ1) is 12.8. The second kappa shape index (κ2) is 8.87. The summed E-state index contributed by atoms with van der Waals surface area (Å²) in [7, 11) is 5.16. The molecule has 7 heteroatoms.